The minimum Gasteiger partial charge on any atom is -0.472 e. The molecule has 0 aromatic heterocycles. The van der Waals surface area contributed by atoms with Crippen molar-refractivity contribution in [1.82, 2.24) is 5.32 Å². The van der Waals surface area contributed by atoms with Crippen LogP contribution >= 0.6 is 0 Å². The lowest BCUT2D eigenvalue weighted by molar-refractivity contribution is -0.130. The van der Waals surface area contributed by atoms with E-state index in [1.807, 2.05) is 54.5 Å². The van der Waals surface area contributed by atoms with Crippen molar-refractivity contribution in [3.8, 4) is 23.0 Å². The third-order valence-electron chi connectivity index (χ3n) is 5.36. The van der Waals surface area contributed by atoms with E-state index in [2.05, 4.69) is 16.6 Å². The molecule has 3 aromatic carbocycles. The van der Waals surface area contributed by atoms with E-state index in [0.29, 0.717) is 0 Å². The SMILES string of the molecule is O=C(O)C#CCNC(=O)c1cccc(F)c1NC(=O)OCC1c2ccccc2-c2ccccc21. The number of carbonyl (C=O) groups excluding carboxylic acids is 2. The lowest BCUT2D eigenvalue weighted by atomic mass is 9.98. The average Bonchev–Trinajstić information content (AvgIpc) is 3.15. The van der Waals surface area contributed by atoms with Gasteiger partial charge in [-0.15, -0.1) is 0 Å². The zero-order chi connectivity index (χ0) is 24.1. The Morgan fingerprint density at radius 2 is 1.59 bits per heavy atom. The van der Waals surface area contributed by atoms with Gasteiger partial charge in [0.05, 0.1) is 17.8 Å². The Balaban J connectivity index is 1.46. The summed E-state index contributed by atoms with van der Waals surface area (Å²) in [6.07, 6.45) is -0.910. The lowest BCUT2D eigenvalue weighted by Gasteiger charge is -2.16. The van der Waals surface area contributed by atoms with Crippen molar-refractivity contribution in [2.24, 2.45) is 0 Å². The number of hydrogen-bond donors (Lipinski definition) is 3. The van der Waals surface area contributed by atoms with Gasteiger partial charge in [0.1, 0.15) is 12.4 Å². The summed E-state index contributed by atoms with van der Waals surface area (Å²) in [6, 6.07) is 19.5. The molecule has 0 atom stereocenters. The molecule has 2 amide bonds. The molecular weight excluding hydrogens is 439 g/mol. The first kappa shape index (κ1) is 22.6. The Hall–Kier alpha value is -4.64. The van der Waals surface area contributed by atoms with Crippen molar-refractivity contribution in [2.45, 2.75) is 5.92 Å². The predicted octanol–water partition coefficient (Wildman–Crippen LogP) is 4.00. The van der Waals surface area contributed by atoms with E-state index in [4.69, 9.17) is 9.84 Å². The summed E-state index contributed by atoms with van der Waals surface area (Å²) in [5.41, 5.74) is 3.72. The first-order valence-electron chi connectivity index (χ1n) is 10.4. The number of carbonyl (C=O) groups is 3. The van der Waals surface area contributed by atoms with Crippen LogP contribution in [-0.4, -0.2) is 36.2 Å². The largest absolute Gasteiger partial charge is 0.472 e. The van der Waals surface area contributed by atoms with Crippen LogP contribution in [0, 0.1) is 17.7 Å². The second-order valence-electron chi connectivity index (χ2n) is 7.40. The second-order valence-corrected chi connectivity index (χ2v) is 7.40. The number of nitrogens with one attached hydrogen (secondary N) is 2. The molecule has 0 saturated heterocycles. The number of fused-ring (bicyclic) bond motifs is 3. The van der Waals surface area contributed by atoms with Gasteiger partial charge in [0.15, 0.2) is 0 Å². The van der Waals surface area contributed by atoms with E-state index in [1.54, 1.807) is 0 Å². The van der Waals surface area contributed by atoms with Crippen molar-refractivity contribution in [3.63, 3.8) is 0 Å². The highest BCUT2D eigenvalue weighted by Gasteiger charge is 2.29. The highest BCUT2D eigenvalue weighted by Crippen LogP contribution is 2.44. The molecule has 0 saturated carbocycles. The smallest absolute Gasteiger partial charge is 0.411 e. The number of para-hydroxylation sites is 1. The zero-order valence-electron chi connectivity index (χ0n) is 17.8. The number of ether oxygens (including phenoxy) is 1. The number of amides is 2. The molecule has 0 aliphatic heterocycles. The van der Waals surface area contributed by atoms with Gasteiger partial charge in [-0.2, -0.15) is 0 Å². The fraction of sp³-hybridized carbons (Fsp3) is 0.115. The number of hydrogen-bond acceptors (Lipinski definition) is 4. The van der Waals surface area contributed by atoms with E-state index in [9.17, 15) is 18.8 Å². The van der Waals surface area contributed by atoms with Gasteiger partial charge in [-0.3, -0.25) is 10.1 Å². The van der Waals surface area contributed by atoms with E-state index in [1.165, 1.54) is 12.1 Å². The number of carboxylic acid groups (broad SMARTS) is 1. The van der Waals surface area contributed by atoms with Crippen LogP contribution in [-0.2, 0) is 9.53 Å². The van der Waals surface area contributed by atoms with Gasteiger partial charge in [-0.05, 0) is 34.4 Å². The molecule has 3 aromatic rings. The van der Waals surface area contributed by atoms with E-state index in [-0.39, 0.29) is 30.3 Å². The monoisotopic (exact) mass is 458 g/mol. The molecule has 34 heavy (non-hydrogen) atoms. The van der Waals surface area contributed by atoms with Crippen molar-refractivity contribution in [2.75, 3.05) is 18.5 Å². The van der Waals surface area contributed by atoms with E-state index < -0.39 is 23.8 Å². The highest BCUT2D eigenvalue weighted by atomic mass is 19.1. The molecule has 1 aliphatic rings. The van der Waals surface area contributed by atoms with Crippen molar-refractivity contribution in [3.05, 3.63) is 89.2 Å². The average molecular weight is 458 g/mol. The molecule has 1 aliphatic carbocycles. The van der Waals surface area contributed by atoms with E-state index >= 15 is 0 Å². The molecule has 170 valence electrons. The maximum absolute atomic E-state index is 14.4. The molecule has 0 heterocycles. The van der Waals surface area contributed by atoms with Gasteiger partial charge in [0, 0.05) is 11.8 Å². The van der Waals surface area contributed by atoms with Gasteiger partial charge in [-0.1, -0.05) is 60.5 Å². The van der Waals surface area contributed by atoms with Crippen LogP contribution in [0.4, 0.5) is 14.9 Å². The van der Waals surface area contributed by atoms with Crippen molar-refractivity contribution < 1.29 is 28.6 Å². The topological polar surface area (TPSA) is 105 Å². The molecule has 0 radical (unpaired) electrons. The summed E-state index contributed by atoms with van der Waals surface area (Å²) in [5, 5.41) is 13.2. The Kier molecular flexibility index (Phi) is 6.55. The minimum absolute atomic E-state index is 0.0284. The first-order chi connectivity index (χ1) is 16.5. The van der Waals surface area contributed by atoms with Crippen LogP contribution in [0.5, 0.6) is 0 Å². The normalized spacial score (nSPS) is 11.4. The number of carboxylic acids is 1. The van der Waals surface area contributed by atoms with Crippen LogP contribution in [0.1, 0.15) is 27.4 Å². The number of halogens is 1. The van der Waals surface area contributed by atoms with Gasteiger partial charge in [0.2, 0.25) is 0 Å². The second kappa shape index (κ2) is 9.88. The third kappa shape index (κ3) is 4.74. The van der Waals surface area contributed by atoms with Crippen molar-refractivity contribution >= 4 is 23.7 Å². The number of benzene rings is 3. The zero-order valence-corrected chi connectivity index (χ0v) is 17.8. The van der Waals surface area contributed by atoms with Gasteiger partial charge < -0.3 is 15.2 Å². The molecule has 0 spiro atoms. The van der Waals surface area contributed by atoms with Crippen LogP contribution in [0.2, 0.25) is 0 Å². The summed E-state index contributed by atoms with van der Waals surface area (Å²) in [5.74, 6) is 1.04. The molecule has 3 N–H and O–H groups in total. The summed E-state index contributed by atoms with van der Waals surface area (Å²) >= 11 is 0. The summed E-state index contributed by atoms with van der Waals surface area (Å²) in [6.45, 7) is -0.230. The molecule has 0 bridgehead atoms. The Morgan fingerprint density at radius 3 is 2.24 bits per heavy atom. The maximum atomic E-state index is 14.4. The lowest BCUT2D eigenvalue weighted by Crippen LogP contribution is -2.26. The Bertz CT molecular complexity index is 1300. The molecule has 8 heteroatoms. The van der Waals surface area contributed by atoms with Crippen LogP contribution in [0.3, 0.4) is 0 Å². The fourth-order valence-corrected chi connectivity index (χ4v) is 3.92. The van der Waals surface area contributed by atoms with Crippen LogP contribution < -0.4 is 10.6 Å². The summed E-state index contributed by atoms with van der Waals surface area (Å²) in [7, 11) is 0. The summed E-state index contributed by atoms with van der Waals surface area (Å²) in [4.78, 5) is 35.4. The van der Waals surface area contributed by atoms with Gasteiger partial charge >= 0.3 is 12.1 Å². The van der Waals surface area contributed by atoms with Crippen LogP contribution in [0.25, 0.3) is 11.1 Å². The molecule has 0 unspecified atom stereocenters. The van der Waals surface area contributed by atoms with E-state index in [0.717, 1.165) is 28.3 Å². The number of rotatable bonds is 5. The standard InChI is InChI=1S/C26H19FN2O5/c27-22-12-5-11-20(25(32)28-14-6-13-23(30)31)24(22)29-26(33)34-15-21-18-9-3-1-7-16(18)17-8-2-4-10-19(17)21/h1-5,7-12,21H,14-15H2,(H,28,32)(H,29,33)(H,30,31). The molecule has 4 rings (SSSR count). The van der Waals surface area contributed by atoms with Gasteiger partial charge in [0.25, 0.3) is 5.91 Å². The Labute approximate surface area is 194 Å². The van der Waals surface area contributed by atoms with Gasteiger partial charge in [-0.25, -0.2) is 14.0 Å². The van der Waals surface area contributed by atoms with Crippen molar-refractivity contribution in [1.29, 1.82) is 0 Å². The fourth-order valence-electron chi connectivity index (χ4n) is 3.92. The molecule has 0 fully saturated rings. The molecule has 7 nitrogen and oxygen atoms in total. The predicted molar refractivity (Wildman–Crippen MR) is 123 cm³/mol. The van der Waals surface area contributed by atoms with Crippen LogP contribution in [0.15, 0.2) is 66.7 Å². The Morgan fingerprint density at radius 1 is 0.941 bits per heavy atom. The highest BCUT2D eigenvalue weighted by molar-refractivity contribution is 6.03. The molecular formula is C26H19FN2O5. The number of anilines is 1. The quantitative estimate of drug-likeness (QED) is 0.502. The number of aliphatic carboxylic acids is 1. The summed E-state index contributed by atoms with van der Waals surface area (Å²) < 4.78 is 19.9. The maximum Gasteiger partial charge on any atom is 0.411 e. The first-order valence-corrected chi connectivity index (χ1v) is 10.4. The minimum atomic E-state index is -1.34. The third-order valence-corrected chi connectivity index (χ3v) is 5.36.